The summed E-state index contributed by atoms with van der Waals surface area (Å²) in [4.78, 5) is 4.52. The van der Waals surface area contributed by atoms with Gasteiger partial charge < -0.3 is 14.2 Å². The topological polar surface area (TPSA) is 58.4 Å². The standard InChI is InChI=1S/C20H23N3O3/c1-5-23-20(21-14(2)22-23)16-7-6-8-17(11-16)26-13-15-9-18(24-3)12-19(10-15)25-4/h6-12H,5,13H2,1-4H3. The summed E-state index contributed by atoms with van der Waals surface area (Å²) in [5.74, 6) is 3.86. The Hall–Kier alpha value is -3.02. The molecule has 2 aromatic carbocycles. The zero-order valence-electron chi connectivity index (χ0n) is 15.5. The highest BCUT2D eigenvalue weighted by atomic mass is 16.5. The van der Waals surface area contributed by atoms with Crippen LogP contribution in [-0.2, 0) is 13.2 Å². The van der Waals surface area contributed by atoms with Crippen molar-refractivity contribution < 1.29 is 14.2 Å². The summed E-state index contributed by atoms with van der Waals surface area (Å²) < 4.78 is 18.5. The first kappa shape index (κ1) is 17.8. The second-order valence-electron chi connectivity index (χ2n) is 5.84. The summed E-state index contributed by atoms with van der Waals surface area (Å²) in [5.41, 5.74) is 1.95. The van der Waals surface area contributed by atoms with Crippen molar-refractivity contribution in [3.05, 3.63) is 53.9 Å². The molecule has 1 aromatic heterocycles. The van der Waals surface area contributed by atoms with Crippen molar-refractivity contribution in [3.63, 3.8) is 0 Å². The van der Waals surface area contributed by atoms with Gasteiger partial charge in [0.15, 0.2) is 5.82 Å². The van der Waals surface area contributed by atoms with Crippen molar-refractivity contribution in [1.29, 1.82) is 0 Å². The molecule has 3 aromatic rings. The maximum atomic E-state index is 5.96. The molecule has 1 heterocycles. The molecule has 0 saturated carbocycles. The first-order chi connectivity index (χ1) is 12.6. The van der Waals surface area contributed by atoms with Gasteiger partial charge >= 0.3 is 0 Å². The summed E-state index contributed by atoms with van der Waals surface area (Å²) in [5, 5.41) is 4.40. The molecular weight excluding hydrogens is 330 g/mol. The van der Waals surface area contributed by atoms with Crippen LogP contribution in [0.4, 0.5) is 0 Å². The van der Waals surface area contributed by atoms with Gasteiger partial charge in [-0.05, 0) is 43.7 Å². The van der Waals surface area contributed by atoms with E-state index in [9.17, 15) is 0 Å². The number of rotatable bonds is 7. The van der Waals surface area contributed by atoms with Gasteiger partial charge in [0, 0.05) is 18.2 Å². The van der Waals surface area contributed by atoms with Crippen molar-refractivity contribution >= 4 is 0 Å². The molecule has 136 valence electrons. The Labute approximate surface area is 153 Å². The third kappa shape index (κ3) is 3.96. The molecule has 0 atom stereocenters. The van der Waals surface area contributed by atoms with Gasteiger partial charge in [-0.1, -0.05) is 12.1 Å². The van der Waals surface area contributed by atoms with E-state index >= 15 is 0 Å². The molecule has 0 bridgehead atoms. The number of aryl methyl sites for hydroxylation is 2. The molecule has 0 unspecified atom stereocenters. The second-order valence-corrected chi connectivity index (χ2v) is 5.84. The predicted octanol–water partition coefficient (Wildman–Crippen LogP) is 3.87. The zero-order valence-corrected chi connectivity index (χ0v) is 15.5. The summed E-state index contributed by atoms with van der Waals surface area (Å²) in [7, 11) is 3.27. The maximum absolute atomic E-state index is 5.96. The fourth-order valence-corrected chi connectivity index (χ4v) is 2.73. The first-order valence-electron chi connectivity index (χ1n) is 8.49. The van der Waals surface area contributed by atoms with E-state index in [4.69, 9.17) is 14.2 Å². The molecular formula is C20H23N3O3. The molecule has 0 saturated heterocycles. The molecule has 6 heteroatoms. The van der Waals surface area contributed by atoms with Crippen molar-refractivity contribution in [2.75, 3.05) is 14.2 Å². The van der Waals surface area contributed by atoms with Gasteiger partial charge in [-0.3, -0.25) is 0 Å². The number of methoxy groups -OCH3 is 2. The number of nitrogens with zero attached hydrogens (tertiary/aromatic N) is 3. The van der Waals surface area contributed by atoms with Crippen LogP contribution < -0.4 is 14.2 Å². The minimum absolute atomic E-state index is 0.413. The molecule has 26 heavy (non-hydrogen) atoms. The lowest BCUT2D eigenvalue weighted by Crippen LogP contribution is -2.00. The normalized spacial score (nSPS) is 10.6. The van der Waals surface area contributed by atoms with Crippen LogP contribution >= 0.6 is 0 Å². The van der Waals surface area contributed by atoms with E-state index in [0.717, 1.165) is 46.6 Å². The SMILES string of the molecule is CCn1nc(C)nc1-c1cccc(OCc2cc(OC)cc(OC)c2)c1. The van der Waals surface area contributed by atoms with Crippen molar-refractivity contribution in [2.45, 2.75) is 27.0 Å². The molecule has 0 aliphatic carbocycles. The van der Waals surface area contributed by atoms with Gasteiger partial charge in [-0.15, -0.1) is 0 Å². The second kappa shape index (κ2) is 7.91. The molecule has 0 aliphatic rings. The number of benzene rings is 2. The van der Waals surface area contributed by atoms with E-state index < -0.39 is 0 Å². The summed E-state index contributed by atoms with van der Waals surface area (Å²) in [6.07, 6.45) is 0. The Bertz CT molecular complexity index is 868. The molecule has 0 N–H and O–H groups in total. The van der Waals surface area contributed by atoms with Gasteiger partial charge in [-0.25, -0.2) is 9.67 Å². The van der Waals surface area contributed by atoms with Crippen molar-refractivity contribution in [2.24, 2.45) is 0 Å². The van der Waals surface area contributed by atoms with E-state index in [1.54, 1.807) is 14.2 Å². The van der Waals surface area contributed by atoms with E-state index in [2.05, 4.69) is 10.1 Å². The third-order valence-electron chi connectivity index (χ3n) is 3.99. The first-order valence-corrected chi connectivity index (χ1v) is 8.49. The van der Waals surface area contributed by atoms with Crippen molar-refractivity contribution in [1.82, 2.24) is 14.8 Å². The molecule has 3 rings (SSSR count). The van der Waals surface area contributed by atoms with Crippen LogP contribution in [0.1, 0.15) is 18.3 Å². The van der Waals surface area contributed by atoms with Crippen LogP contribution in [0.5, 0.6) is 17.2 Å². The molecule has 6 nitrogen and oxygen atoms in total. The van der Waals surface area contributed by atoms with E-state index in [1.807, 2.05) is 61.0 Å². The number of aromatic nitrogens is 3. The van der Waals surface area contributed by atoms with Crippen LogP contribution in [0.25, 0.3) is 11.4 Å². The van der Waals surface area contributed by atoms with Gasteiger partial charge in [0.05, 0.1) is 14.2 Å². The minimum Gasteiger partial charge on any atom is -0.497 e. The van der Waals surface area contributed by atoms with E-state index in [1.165, 1.54) is 0 Å². The third-order valence-corrected chi connectivity index (χ3v) is 3.99. The maximum Gasteiger partial charge on any atom is 0.158 e. The van der Waals surface area contributed by atoms with Gasteiger partial charge in [0.1, 0.15) is 29.7 Å². The average molecular weight is 353 g/mol. The average Bonchev–Trinajstić information content (AvgIpc) is 3.07. The fraction of sp³-hybridized carbons (Fsp3) is 0.300. The highest BCUT2D eigenvalue weighted by Crippen LogP contribution is 2.26. The Balaban J connectivity index is 1.79. The van der Waals surface area contributed by atoms with Gasteiger partial charge in [0.2, 0.25) is 0 Å². The van der Waals surface area contributed by atoms with E-state index in [-0.39, 0.29) is 0 Å². The van der Waals surface area contributed by atoms with Crippen LogP contribution in [0.15, 0.2) is 42.5 Å². The van der Waals surface area contributed by atoms with Crippen molar-refractivity contribution in [3.8, 4) is 28.6 Å². The summed E-state index contributed by atoms with van der Waals surface area (Å²) in [6.45, 7) is 5.13. The molecule has 0 amide bonds. The number of hydrogen-bond donors (Lipinski definition) is 0. The minimum atomic E-state index is 0.413. The lowest BCUT2D eigenvalue weighted by molar-refractivity contribution is 0.304. The Morgan fingerprint density at radius 1 is 0.962 bits per heavy atom. The monoisotopic (exact) mass is 353 g/mol. The van der Waals surface area contributed by atoms with Crippen LogP contribution in [0.2, 0.25) is 0 Å². The Morgan fingerprint density at radius 3 is 2.35 bits per heavy atom. The highest BCUT2D eigenvalue weighted by molar-refractivity contribution is 5.57. The predicted molar refractivity (Wildman–Crippen MR) is 99.7 cm³/mol. The summed E-state index contributed by atoms with van der Waals surface area (Å²) >= 11 is 0. The molecule has 0 spiro atoms. The van der Waals surface area contributed by atoms with Gasteiger partial charge in [0.25, 0.3) is 0 Å². The molecule has 0 fully saturated rings. The zero-order chi connectivity index (χ0) is 18.5. The quantitative estimate of drug-likeness (QED) is 0.645. The van der Waals surface area contributed by atoms with E-state index in [0.29, 0.717) is 6.61 Å². The Kier molecular flexibility index (Phi) is 5.41. The Morgan fingerprint density at radius 2 is 1.69 bits per heavy atom. The smallest absolute Gasteiger partial charge is 0.158 e. The summed E-state index contributed by atoms with van der Waals surface area (Å²) in [6, 6.07) is 13.6. The van der Waals surface area contributed by atoms with Gasteiger partial charge in [-0.2, -0.15) is 5.10 Å². The largest absolute Gasteiger partial charge is 0.497 e. The highest BCUT2D eigenvalue weighted by Gasteiger charge is 2.10. The molecule has 0 aliphatic heterocycles. The fourth-order valence-electron chi connectivity index (χ4n) is 2.73. The lowest BCUT2D eigenvalue weighted by atomic mass is 10.2. The number of hydrogen-bond acceptors (Lipinski definition) is 5. The van der Waals surface area contributed by atoms with Crippen LogP contribution in [-0.4, -0.2) is 29.0 Å². The molecule has 0 radical (unpaired) electrons. The van der Waals surface area contributed by atoms with Crippen LogP contribution in [0.3, 0.4) is 0 Å². The lowest BCUT2D eigenvalue weighted by Gasteiger charge is -2.11. The number of ether oxygens (including phenoxy) is 3. The van der Waals surface area contributed by atoms with Crippen LogP contribution in [0, 0.1) is 6.92 Å².